The highest BCUT2D eigenvalue weighted by Crippen LogP contribution is 2.21. The van der Waals surface area contributed by atoms with E-state index in [2.05, 4.69) is 5.10 Å². The maximum Gasteiger partial charge on any atom is 0.272 e. The molecule has 1 aromatic heterocycles. The lowest BCUT2D eigenvalue weighted by Crippen LogP contribution is -2.30. The van der Waals surface area contributed by atoms with Gasteiger partial charge in [0, 0.05) is 26.7 Å². The monoisotopic (exact) mass is 251 g/mol. The third kappa shape index (κ3) is 2.56. The van der Waals surface area contributed by atoms with Crippen molar-refractivity contribution in [1.82, 2.24) is 14.7 Å². The summed E-state index contributed by atoms with van der Waals surface area (Å²) in [6.07, 6.45) is 2.62. The van der Waals surface area contributed by atoms with Gasteiger partial charge >= 0.3 is 0 Å². The van der Waals surface area contributed by atoms with Gasteiger partial charge in [-0.15, -0.1) is 0 Å². The number of amides is 1. The minimum absolute atomic E-state index is 0.0603. The SMILES string of the molecule is CCc1cc(C(=O)N2CCC(CCO)C2)n(C)n1. The van der Waals surface area contributed by atoms with E-state index in [4.69, 9.17) is 5.11 Å². The molecule has 1 aromatic rings. The Morgan fingerprint density at radius 1 is 1.61 bits per heavy atom. The third-order valence-corrected chi connectivity index (χ3v) is 3.62. The molecular weight excluding hydrogens is 230 g/mol. The predicted molar refractivity (Wildman–Crippen MR) is 68.3 cm³/mol. The van der Waals surface area contributed by atoms with Gasteiger partial charge in [-0.3, -0.25) is 9.48 Å². The van der Waals surface area contributed by atoms with E-state index in [1.54, 1.807) is 4.68 Å². The zero-order valence-corrected chi connectivity index (χ0v) is 11.1. The summed E-state index contributed by atoms with van der Waals surface area (Å²) in [5.41, 5.74) is 1.61. The van der Waals surface area contributed by atoms with Crippen LogP contribution in [0, 0.1) is 5.92 Å². The number of nitrogens with zero attached hydrogens (tertiary/aromatic N) is 3. The fourth-order valence-corrected chi connectivity index (χ4v) is 2.50. The average Bonchev–Trinajstić information content (AvgIpc) is 2.95. The van der Waals surface area contributed by atoms with Crippen LogP contribution in [0.5, 0.6) is 0 Å². The predicted octanol–water partition coefficient (Wildman–Crippen LogP) is 0.827. The van der Waals surface area contributed by atoms with Gasteiger partial charge in [0.25, 0.3) is 5.91 Å². The van der Waals surface area contributed by atoms with Crippen LogP contribution in [-0.2, 0) is 13.5 Å². The molecule has 0 saturated carbocycles. The number of hydrogen-bond donors (Lipinski definition) is 1. The van der Waals surface area contributed by atoms with E-state index in [-0.39, 0.29) is 12.5 Å². The highest BCUT2D eigenvalue weighted by molar-refractivity contribution is 5.92. The van der Waals surface area contributed by atoms with Gasteiger partial charge in [0.05, 0.1) is 5.69 Å². The Morgan fingerprint density at radius 2 is 2.39 bits per heavy atom. The summed E-state index contributed by atoms with van der Waals surface area (Å²) in [6.45, 7) is 3.78. The van der Waals surface area contributed by atoms with Crippen LogP contribution in [0.2, 0.25) is 0 Å². The lowest BCUT2D eigenvalue weighted by Gasteiger charge is -2.16. The number of hydrogen-bond acceptors (Lipinski definition) is 3. The molecule has 5 nitrogen and oxygen atoms in total. The van der Waals surface area contributed by atoms with Crippen LogP contribution in [0.4, 0.5) is 0 Å². The van der Waals surface area contributed by atoms with Gasteiger partial charge in [-0.25, -0.2) is 0 Å². The van der Waals surface area contributed by atoms with Crippen LogP contribution in [-0.4, -0.2) is 45.4 Å². The molecular formula is C13H21N3O2. The van der Waals surface area contributed by atoms with Crippen LogP contribution in [0.25, 0.3) is 0 Å². The van der Waals surface area contributed by atoms with Crippen LogP contribution in [0.1, 0.15) is 35.9 Å². The lowest BCUT2D eigenvalue weighted by atomic mass is 10.1. The van der Waals surface area contributed by atoms with E-state index in [1.807, 2.05) is 24.9 Å². The van der Waals surface area contributed by atoms with Gasteiger partial charge in [0.15, 0.2) is 0 Å². The van der Waals surface area contributed by atoms with Gasteiger partial charge in [0.1, 0.15) is 5.69 Å². The van der Waals surface area contributed by atoms with E-state index in [0.717, 1.165) is 38.0 Å². The van der Waals surface area contributed by atoms with Crippen molar-refractivity contribution in [2.45, 2.75) is 26.2 Å². The molecule has 0 bridgehead atoms. The van der Waals surface area contributed by atoms with E-state index in [1.165, 1.54) is 0 Å². The van der Waals surface area contributed by atoms with Crippen molar-refractivity contribution in [3.8, 4) is 0 Å². The zero-order chi connectivity index (χ0) is 13.1. The molecule has 0 aliphatic carbocycles. The number of aromatic nitrogens is 2. The first-order valence-corrected chi connectivity index (χ1v) is 6.58. The molecule has 1 aliphatic heterocycles. The minimum Gasteiger partial charge on any atom is -0.396 e. The number of likely N-dealkylation sites (tertiary alicyclic amines) is 1. The maximum absolute atomic E-state index is 12.3. The third-order valence-electron chi connectivity index (χ3n) is 3.62. The highest BCUT2D eigenvalue weighted by Gasteiger charge is 2.28. The second-order valence-electron chi connectivity index (χ2n) is 4.92. The molecule has 0 radical (unpaired) electrons. The molecule has 1 unspecified atom stereocenters. The summed E-state index contributed by atoms with van der Waals surface area (Å²) in [4.78, 5) is 14.2. The quantitative estimate of drug-likeness (QED) is 0.862. The van der Waals surface area contributed by atoms with E-state index < -0.39 is 0 Å². The summed E-state index contributed by atoms with van der Waals surface area (Å²) in [5, 5.41) is 13.2. The van der Waals surface area contributed by atoms with Crippen LogP contribution in [0.15, 0.2) is 6.07 Å². The summed E-state index contributed by atoms with van der Waals surface area (Å²) in [7, 11) is 1.81. The molecule has 0 aromatic carbocycles. The molecule has 1 amide bonds. The largest absolute Gasteiger partial charge is 0.396 e. The standard InChI is InChI=1S/C13H21N3O2/c1-3-11-8-12(15(2)14-11)13(18)16-6-4-10(9-16)5-7-17/h8,10,17H,3-7,9H2,1-2H3. The summed E-state index contributed by atoms with van der Waals surface area (Å²) in [6, 6.07) is 1.88. The molecule has 18 heavy (non-hydrogen) atoms. The van der Waals surface area contributed by atoms with Crippen molar-refractivity contribution in [2.24, 2.45) is 13.0 Å². The molecule has 0 spiro atoms. The van der Waals surface area contributed by atoms with E-state index >= 15 is 0 Å². The second-order valence-corrected chi connectivity index (χ2v) is 4.92. The Bertz CT molecular complexity index is 428. The molecule has 100 valence electrons. The van der Waals surface area contributed by atoms with Gasteiger partial charge in [0.2, 0.25) is 0 Å². The van der Waals surface area contributed by atoms with E-state index in [9.17, 15) is 4.79 Å². The number of carbonyl (C=O) groups excluding carboxylic acids is 1. The molecule has 1 atom stereocenters. The number of rotatable bonds is 4. The van der Waals surface area contributed by atoms with Crippen molar-refractivity contribution in [2.75, 3.05) is 19.7 Å². The summed E-state index contributed by atoms with van der Waals surface area (Å²) >= 11 is 0. The second kappa shape index (κ2) is 5.52. The number of carbonyl (C=O) groups is 1. The Morgan fingerprint density at radius 3 is 3.00 bits per heavy atom. The van der Waals surface area contributed by atoms with Crippen LogP contribution in [0.3, 0.4) is 0 Å². The first-order chi connectivity index (χ1) is 8.65. The topological polar surface area (TPSA) is 58.4 Å². The summed E-state index contributed by atoms with van der Waals surface area (Å²) in [5.74, 6) is 0.503. The Hall–Kier alpha value is -1.36. The fraction of sp³-hybridized carbons (Fsp3) is 0.692. The Balaban J connectivity index is 2.05. The number of aliphatic hydroxyl groups is 1. The van der Waals surface area contributed by atoms with Gasteiger partial charge in [-0.1, -0.05) is 6.92 Å². The highest BCUT2D eigenvalue weighted by atomic mass is 16.3. The van der Waals surface area contributed by atoms with Gasteiger partial charge in [-0.2, -0.15) is 5.10 Å². The van der Waals surface area contributed by atoms with Crippen molar-refractivity contribution in [1.29, 1.82) is 0 Å². The summed E-state index contributed by atoms with van der Waals surface area (Å²) < 4.78 is 1.67. The van der Waals surface area contributed by atoms with Gasteiger partial charge < -0.3 is 10.0 Å². The first kappa shape index (κ1) is 13.1. The van der Waals surface area contributed by atoms with Gasteiger partial charge in [-0.05, 0) is 31.2 Å². The number of aryl methyl sites for hydroxylation is 2. The molecule has 1 aliphatic rings. The van der Waals surface area contributed by atoms with Crippen LogP contribution >= 0.6 is 0 Å². The zero-order valence-electron chi connectivity index (χ0n) is 11.1. The molecule has 2 heterocycles. The fourth-order valence-electron chi connectivity index (χ4n) is 2.50. The number of aliphatic hydroxyl groups excluding tert-OH is 1. The van der Waals surface area contributed by atoms with Crippen molar-refractivity contribution < 1.29 is 9.90 Å². The van der Waals surface area contributed by atoms with Crippen molar-refractivity contribution >= 4 is 5.91 Å². The Labute approximate surface area is 107 Å². The first-order valence-electron chi connectivity index (χ1n) is 6.58. The lowest BCUT2D eigenvalue weighted by molar-refractivity contribution is 0.0774. The minimum atomic E-state index is 0.0603. The van der Waals surface area contributed by atoms with E-state index in [0.29, 0.717) is 11.6 Å². The molecule has 1 saturated heterocycles. The smallest absolute Gasteiger partial charge is 0.272 e. The average molecular weight is 251 g/mol. The van der Waals surface area contributed by atoms with Crippen molar-refractivity contribution in [3.05, 3.63) is 17.5 Å². The molecule has 2 rings (SSSR count). The maximum atomic E-state index is 12.3. The molecule has 1 N–H and O–H groups in total. The molecule has 1 fully saturated rings. The van der Waals surface area contributed by atoms with Crippen LogP contribution < -0.4 is 0 Å². The normalized spacial score (nSPS) is 19.5. The molecule has 5 heteroatoms. The van der Waals surface area contributed by atoms with Crippen molar-refractivity contribution in [3.63, 3.8) is 0 Å². The Kier molecular flexibility index (Phi) is 4.01.